The summed E-state index contributed by atoms with van der Waals surface area (Å²) in [5.74, 6) is -0.571. The van der Waals surface area contributed by atoms with Crippen molar-refractivity contribution in [2.45, 2.75) is 33.2 Å². The van der Waals surface area contributed by atoms with Crippen LogP contribution in [0.1, 0.15) is 31.9 Å². The molecule has 0 spiro atoms. The fourth-order valence-electron chi connectivity index (χ4n) is 3.01. The van der Waals surface area contributed by atoms with Crippen molar-refractivity contribution in [1.82, 2.24) is 20.4 Å². The van der Waals surface area contributed by atoms with E-state index in [1.165, 1.54) is 6.08 Å². The molecule has 0 bridgehead atoms. The van der Waals surface area contributed by atoms with Crippen molar-refractivity contribution < 1.29 is 9.59 Å². The van der Waals surface area contributed by atoms with Gasteiger partial charge in [-0.2, -0.15) is 5.10 Å². The van der Waals surface area contributed by atoms with Gasteiger partial charge >= 0.3 is 0 Å². The maximum Gasteiger partial charge on any atom is 0.244 e. The Morgan fingerprint density at radius 3 is 2.35 bits per heavy atom. The smallest absolute Gasteiger partial charge is 0.244 e. The lowest BCUT2D eigenvalue weighted by molar-refractivity contribution is -0.124. The number of amides is 2. The first-order valence-electron chi connectivity index (χ1n) is 10.2. The van der Waals surface area contributed by atoms with Crippen molar-refractivity contribution in [3.63, 3.8) is 0 Å². The first kappa shape index (κ1) is 22.0. The molecule has 2 aromatic carbocycles. The minimum atomic E-state index is -0.341. The summed E-state index contributed by atoms with van der Waals surface area (Å²) in [6.45, 7) is 7.64. The van der Waals surface area contributed by atoms with Crippen LogP contribution in [0.2, 0.25) is 0 Å². The summed E-state index contributed by atoms with van der Waals surface area (Å²) < 4.78 is 1.80. The summed E-state index contributed by atoms with van der Waals surface area (Å²) in [4.78, 5) is 24.2. The quantitative estimate of drug-likeness (QED) is 0.599. The maximum absolute atomic E-state index is 12.3. The van der Waals surface area contributed by atoms with Gasteiger partial charge in [-0.1, -0.05) is 48.0 Å². The molecule has 1 heterocycles. The van der Waals surface area contributed by atoms with Crippen LogP contribution in [0, 0.1) is 6.92 Å². The van der Waals surface area contributed by atoms with Crippen molar-refractivity contribution >= 4 is 17.9 Å². The summed E-state index contributed by atoms with van der Waals surface area (Å²) in [5.41, 5.74) is 4.30. The molecule has 3 aromatic rings. The lowest BCUT2D eigenvalue weighted by atomic mass is 10.1. The molecule has 0 unspecified atom stereocenters. The fourth-order valence-corrected chi connectivity index (χ4v) is 3.01. The Balaban J connectivity index is 1.80. The maximum atomic E-state index is 12.3. The largest absolute Gasteiger partial charge is 0.350 e. The molecule has 3 rings (SSSR count). The Morgan fingerprint density at radius 2 is 1.71 bits per heavy atom. The number of carbonyl (C=O) groups excluding carboxylic acids is 2. The molecule has 6 nitrogen and oxygen atoms in total. The Labute approximate surface area is 183 Å². The number of nitrogens with one attached hydrogen (secondary N) is 2. The monoisotopic (exact) mass is 416 g/mol. The number of rotatable bonds is 6. The zero-order chi connectivity index (χ0) is 22.4. The zero-order valence-electron chi connectivity index (χ0n) is 18.3. The van der Waals surface area contributed by atoms with Crippen molar-refractivity contribution in [2.24, 2.45) is 0 Å². The molecular formula is C25H28N4O2. The van der Waals surface area contributed by atoms with Crippen molar-refractivity contribution in [3.05, 3.63) is 78.0 Å². The molecule has 0 saturated heterocycles. The topological polar surface area (TPSA) is 76.0 Å². The van der Waals surface area contributed by atoms with Gasteiger partial charge in [-0.05, 0) is 45.9 Å². The van der Waals surface area contributed by atoms with Gasteiger partial charge in [0.2, 0.25) is 11.8 Å². The Bertz CT molecular complexity index is 1070. The molecule has 2 N–H and O–H groups in total. The second-order valence-electron chi connectivity index (χ2n) is 8.43. The number of nitrogens with zero attached hydrogens (tertiary/aromatic N) is 2. The normalized spacial score (nSPS) is 11.5. The highest BCUT2D eigenvalue weighted by Crippen LogP contribution is 2.25. The SMILES string of the molecule is Cc1ccc(-c2nn(-c3ccccc3)cc2/C=C/C(=O)NCC(=O)NC(C)(C)C)cc1. The average molecular weight is 417 g/mol. The van der Waals surface area contributed by atoms with Gasteiger partial charge in [-0.3, -0.25) is 9.59 Å². The Kier molecular flexibility index (Phi) is 6.70. The summed E-state index contributed by atoms with van der Waals surface area (Å²) in [6, 6.07) is 17.9. The van der Waals surface area contributed by atoms with Crippen LogP contribution >= 0.6 is 0 Å². The summed E-state index contributed by atoms with van der Waals surface area (Å²) in [5, 5.41) is 10.2. The summed E-state index contributed by atoms with van der Waals surface area (Å²) >= 11 is 0. The van der Waals surface area contributed by atoms with Crippen molar-refractivity contribution in [2.75, 3.05) is 6.54 Å². The third kappa shape index (κ3) is 6.40. The molecule has 0 fully saturated rings. The second-order valence-corrected chi connectivity index (χ2v) is 8.43. The third-order valence-corrected chi connectivity index (χ3v) is 4.44. The first-order chi connectivity index (χ1) is 14.7. The average Bonchev–Trinajstić information content (AvgIpc) is 3.15. The highest BCUT2D eigenvalue weighted by Gasteiger charge is 2.14. The fraction of sp³-hybridized carbons (Fsp3) is 0.240. The van der Waals surface area contributed by atoms with Crippen molar-refractivity contribution in [1.29, 1.82) is 0 Å². The second kappa shape index (κ2) is 9.43. The minimum Gasteiger partial charge on any atom is -0.350 e. The highest BCUT2D eigenvalue weighted by atomic mass is 16.2. The zero-order valence-corrected chi connectivity index (χ0v) is 18.3. The van der Waals surface area contributed by atoms with Gasteiger partial charge in [-0.25, -0.2) is 4.68 Å². The molecule has 31 heavy (non-hydrogen) atoms. The number of carbonyl (C=O) groups is 2. The van der Waals surface area contributed by atoms with E-state index in [0.29, 0.717) is 0 Å². The molecule has 0 aliphatic heterocycles. The molecule has 1 aromatic heterocycles. The van der Waals surface area contributed by atoms with E-state index in [9.17, 15) is 9.59 Å². The predicted molar refractivity (Wildman–Crippen MR) is 124 cm³/mol. The minimum absolute atomic E-state index is 0.0749. The number of benzene rings is 2. The molecular weight excluding hydrogens is 388 g/mol. The first-order valence-corrected chi connectivity index (χ1v) is 10.2. The van der Waals surface area contributed by atoms with Gasteiger partial charge in [0.15, 0.2) is 0 Å². The summed E-state index contributed by atoms with van der Waals surface area (Å²) in [6.07, 6.45) is 5.04. The van der Waals surface area contributed by atoms with Crippen molar-refractivity contribution in [3.8, 4) is 16.9 Å². The van der Waals surface area contributed by atoms with Crippen LogP contribution in [0.15, 0.2) is 66.9 Å². The lowest BCUT2D eigenvalue weighted by Crippen LogP contribution is -2.45. The van der Waals surface area contributed by atoms with Crippen LogP contribution < -0.4 is 10.6 Å². The van der Waals surface area contributed by atoms with Crippen LogP contribution in [0.5, 0.6) is 0 Å². The van der Waals surface area contributed by atoms with E-state index in [1.54, 1.807) is 10.8 Å². The molecule has 160 valence electrons. The van der Waals surface area contributed by atoms with Gasteiger partial charge in [0.05, 0.1) is 17.9 Å². The van der Waals surface area contributed by atoms with E-state index < -0.39 is 0 Å². The molecule has 0 aliphatic carbocycles. The standard InChI is InChI=1S/C25H28N4O2/c1-18-10-12-19(13-11-18)24-20(17-29(28-24)21-8-6-5-7-9-21)14-15-22(30)26-16-23(31)27-25(2,3)4/h5-15,17H,16H2,1-4H3,(H,26,30)(H,27,31)/b15-14+. The summed E-state index contributed by atoms with van der Waals surface area (Å²) in [7, 11) is 0. The lowest BCUT2D eigenvalue weighted by Gasteiger charge is -2.20. The molecule has 2 amide bonds. The third-order valence-electron chi connectivity index (χ3n) is 4.44. The van der Waals surface area contributed by atoms with Gasteiger partial charge in [0, 0.05) is 28.9 Å². The number of aromatic nitrogens is 2. The van der Waals surface area contributed by atoms with E-state index >= 15 is 0 Å². The molecule has 0 saturated carbocycles. The number of para-hydroxylation sites is 1. The van der Waals surface area contributed by atoms with Gasteiger partial charge < -0.3 is 10.6 Å². The number of hydrogen-bond acceptors (Lipinski definition) is 3. The Morgan fingerprint density at radius 1 is 1.03 bits per heavy atom. The predicted octanol–water partition coefficient (Wildman–Crippen LogP) is 3.89. The number of aryl methyl sites for hydroxylation is 1. The molecule has 0 aliphatic rings. The van der Waals surface area contributed by atoms with E-state index in [0.717, 1.165) is 28.1 Å². The van der Waals surface area contributed by atoms with Crippen LogP contribution in [-0.4, -0.2) is 33.7 Å². The van der Waals surface area contributed by atoms with Crippen LogP contribution in [0.3, 0.4) is 0 Å². The van der Waals surface area contributed by atoms with Gasteiger partial charge in [0.25, 0.3) is 0 Å². The number of hydrogen-bond donors (Lipinski definition) is 2. The van der Waals surface area contributed by atoms with Crippen LogP contribution in [-0.2, 0) is 9.59 Å². The van der Waals surface area contributed by atoms with Gasteiger partial charge in [-0.15, -0.1) is 0 Å². The highest BCUT2D eigenvalue weighted by molar-refractivity contribution is 5.95. The molecule has 6 heteroatoms. The van der Waals surface area contributed by atoms with E-state index in [-0.39, 0.29) is 23.9 Å². The van der Waals surface area contributed by atoms with E-state index in [1.807, 2.05) is 88.5 Å². The molecule has 0 atom stereocenters. The van der Waals surface area contributed by atoms with Gasteiger partial charge in [0.1, 0.15) is 0 Å². The van der Waals surface area contributed by atoms with E-state index in [2.05, 4.69) is 10.6 Å². The van der Waals surface area contributed by atoms with E-state index in [4.69, 9.17) is 5.10 Å². The Hall–Kier alpha value is -3.67. The van der Waals surface area contributed by atoms with Crippen LogP contribution in [0.25, 0.3) is 23.0 Å². The van der Waals surface area contributed by atoms with Crippen LogP contribution in [0.4, 0.5) is 0 Å². The molecule has 0 radical (unpaired) electrons.